The Hall–Kier alpha value is -0.150. The molecule has 13 heavy (non-hydrogen) atoms. The fourth-order valence-corrected chi connectivity index (χ4v) is 2.09. The molecule has 2 aliphatic rings. The maximum absolute atomic E-state index is 14.0. The van der Waals surface area contributed by atoms with E-state index in [2.05, 4.69) is 10.2 Å². The van der Waals surface area contributed by atoms with Gasteiger partial charge < -0.3 is 10.2 Å². The Morgan fingerprint density at radius 2 is 1.92 bits per heavy atom. The molecule has 0 spiro atoms. The third-order valence-electron chi connectivity index (χ3n) is 3.32. The number of likely N-dealkylation sites (tertiary alicyclic amines) is 1. The van der Waals surface area contributed by atoms with Gasteiger partial charge in [-0.25, -0.2) is 4.39 Å². The number of hydrogen-bond acceptors (Lipinski definition) is 2. The first kappa shape index (κ1) is 9.41. The van der Waals surface area contributed by atoms with Crippen LogP contribution in [0.4, 0.5) is 4.39 Å². The van der Waals surface area contributed by atoms with Gasteiger partial charge >= 0.3 is 0 Å². The van der Waals surface area contributed by atoms with E-state index in [1.807, 2.05) is 0 Å². The van der Waals surface area contributed by atoms with Gasteiger partial charge in [0.05, 0.1) is 0 Å². The minimum absolute atomic E-state index is 0.709. The number of halogens is 1. The Labute approximate surface area is 79.5 Å². The van der Waals surface area contributed by atoms with E-state index >= 15 is 0 Å². The molecular weight excluding hydrogens is 167 g/mol. The van der Waals surface area contributed by atoms with E-state index in [4.69, 9.17) is 0 Å². The number of nitrogens with one attached hydrogen (secondary N) is 1. The molecule has 2 nitrogen and oxygen atoms in total. The van der Waals surface area contributed by atoms with Crippen molar-refractivity contribution in [1.82, 2.24) is 10.2 Å². The molecule has 76 valence electrons. The quantitative estimate of drug-likeness (QED) is 0.712. The molecule has 3 heteroatoms. The van der Waals surface area contributed by atoms with Crippen LogP contribution in [0.5, 0.6) is 0 Å². The third kappa shape index (κ3) is 2.41. The summed E-state index contributed by atoms with van der Waals surface area (Å²) >= 11 is 0. The highest BCUT2D eigenvalue weighted by Crippen LogP contribution is 2.27. The Bertz CT molecular complexity index is 162. The average Bonchev–Trinajstić information content (AvgIpc) is 2.02. The number of rotatable bonds is 3. The molecule has 0 amide bonds. The lowest BCUT2D eigenvalue weighted by Gasteiger charge is -2.35. The highest BCUT2D eigenvalue weighted by atomic mass is 19.1. The van der Waals surface area contributed by atoms with E-state index in [9.17, 15) is 4.39 Å². The summed E-state index contributed by atoms with van der Waals surface area (Å²) < 4.78 is 14.0. The van der Waals surface area contributed by atoms with Gasteiger partial charge in [0.1, 0.15) is 5.67 Å². The van der Waals surface area contributed by atoms with Crippen molar-refractivity contribution < 1.29 is 4.39 Å². The maximum Gasteiger partial charge on any atom is 0.114 e. The van der Waals surface area contributed by atoms with Crippen molar-refractivity contribution >= 4 is 0 Å². The van der Waals surface area contributed by atoms with Crippen molar-refractivity contribution in [2.75, 3.05) is 32.7 Å². The topological polar surface area (TPSA) is 15.3 Å². The van der Waals surface area contributed by atoms with Crippen LogP contribution in [0.15, 0.2) is 0 Å². The van der Waals surface area contributed by atoms with Crippen molar-refractivity contribution in [3.63, 3.8) is 0 Å². The van der Waals surface area contributed by atoms with Gasteiger partial charge in [-0.05, 0) is 51.9 Å². The van der Waals surface area contributed by atoms with Crippen LogP contribution in [0, 0.1) is 0 Å². The summed E-state index contributed by atoms with van der Waals surface area (Å²) in [7, 11) is 0. The Morgan fingerprint density at radius 3 is 2.46 bits per heavy atom. The second kappa shape index (κ2) is 3.93. The number of alkyl halides is 1. The number of nitrogens with zero attached hydrogens (tertiary/aromatic N) is 1. The molecule has 0 radical (unpaired) electrons. The summed E-state index contributed by atoms with van der Waals surface area (Å²) in [5, 5.41) is 3.20. The van der Waals surface area contributed by atoms with Crippen LogP contribution >= 0.6 is 0 Å². The van der Waals surface area contributed by atoms with Gasteiger partial charge in [-0.2, -0.15) is 0 Å². The van der Waals surface area contributed by atoms with Gasteiger partial charge in [-0.15, -0.1) is 0 Å². The van der Waals surface area contributed by atoms with E-state index in [1.165, 1.54) is 19.5 Å². The molecule has 0 aliphatic carbocycles. The van der Waals surface area contributed by atoms with Crippen molar-refractivity contribution in [2.24, 2.45) is 0 Å². The maximum atomic E-state index is 14.0. The van der Waals surface area contributed by atoms with Crippen molar-refractivity contribution in [3.05, 3.63) is 0 Å². The summed E-state index contributed by atoms with van der Waals surface area (Å²) in [6.45, 7) is 5.06. The first-order chi connectivity index (χ1) is 6.29. The SMILES string of the molecule is FC1(CCN2CCC2)CCNCC1. The molecule has 0 atom stereocenters. The molecule has 1 N–H and O–H groups in total. The van der Waals surface area contributed by atoms with Gasteiger partial charge in [0.15, 0.2) is 0 Å². The fraction of sp³-hybridized carbons (Fsp3) is 1.00. The molecule has 0 saturated carbocycles. The summed E-state index contributed by atoms with van der Waals surface area (Å²) in [6, 6.07) is 0. The molecule has 2 aliphatic heterocycles. The smallest absolute Gasteiger partial charge is 0.114 e. The van der Waals surface area contributed by atoms with Crippen LogP contribution in [0.25, 0.3) is 0 Å². The minimum atomic E-state index is -0.860. The molecule has 0 bridgehead atoms. The molecule has 2 saturated heterocycles. The highest BCUT2D eigenvalue weighted by Gasteiger charge is 2.32. The Balaban J connectivity index is 1.71. The molecule has 0 aromatic carbocycles. The standard InChI is InChI=1S/C10H19FN2/c11-10(2-5-12-6-3-10)4-9-13-7-1-8-13/h12H,1-9H2. The molecule has 0 aromatic rings. The van der Waals surface area contributed by atoms with E-state index in [0.717, 1.165) is 26.1 Å². The van der Waals surface area contributed by atoms with Crippen LogP contribution in [-0.4, -0.2) is 43.3 Å². The van der Waals surface area contributed by atoms with E-state index in [-0.39, 0.29) is 0 Å². The summed E-state index contributed by atoms with van der Waals surface area (Å²) in [5.41, 5.74) is -0.860. The van der Waals surface area contributed by atoms with Crippen molar-refractivity contribution in [2.45, 2.75) is 31.4 Å². The zero-order chi connectivity index (χ0) is 9.15. The predicted molar refractivity (Wildman–Crippen MR) is 51.6 cm³/mol. The van der Waals surface area contributed by atoms with E-state index in [1.54, 1.807) is 0 Å². The lowest BCUT2D eigenvalue weighted by atomic mass is 9.90. The van der Waals surface area contributed by atoms with Crippen LogP contribution in [0.1, 0.15) is 25.7 Å². The zero-order valence-corrected chi connectivity index (χ0v) is 8.19. The van der Waals surface area contributed by atoms with Gasteiger partial charge in [0, 0.05) is 6.54 Å². The third-order valence-corrected chi connectivity index (χ3v) is 3.32. The van der Waals surface area contributed by atoms with Crippen LogP contribution in [-0.2, 0) is 0 Å². The van der Waals surface area contributed by atoms with Crippen LogP contribution in [0.3, 0.4) is 0 Å². The number of hydrogen-bond donors (Lipinski definition) is 1. The molecular formula is C10H19FN2. The predicted octanol–water partition coefficient (Wildman–Crippen LogP) is 1.17. The summed E-state index contributed by atoms with van der Waals surface area (Å²) in [5.74, 6) is 0. The largest absolute Gasteiger partial charge is 0.316 e. The second-order valence-corrected chi connectivity index (χ2v) is 4.35. The van der Waals surface area contributed by atoms with Crippen LogP contribution in [0.2, 0.25) is 0 Å². The number of piperidine rings is 1. The van der Waals surface area contributed by atoms with E-state index < -0.39 is 5.67 Å². The van der Waals surface area contributed by atoms with Gasteiger partial charge in [0.25, 0.3) is 0 Å². The minimum Gasteiger partial charge on any atom is -0.316 e. The van der Waals surface area contributed by atoms with Gasteiger partial charge in [0.2, 0.25) is 0 Å². The van der Waals surface area contributed by atoms with E-state index in [0.29, 0.717) is 12.8 Å². The van der Waals surface area contributed by atoms with Crippen molar-refractivity contribution in [1.29, 1.82) is 0 Å². The molecule has 2 rings (SSSR count). The molecule has 2 heterocycles. The summed E-state index contributed by atoms with van der Waals surface area (Å²) in [6.07, 6.45) is 3.47. The highest BCUT2D eigenvalue weighted by molar-refractivity contribution is 4.86. The Morgan fingerprint density at radius 1 is 1.23 bits per heavy atom. The molecule has 0 unspecified atom stereocenters. The lowest BCUT2D eigenvalue weighted by Crippen LogP contribution is -2.44. The lowest BCUT2D eigenvalue weighted by molar-refractivity contribution is 0.0727. The zero-order valence-electron chi connectivity index (χ0n) is 8.19. The van der Waals surface area contributed by atoms with Gasteiger partial charge in [-0.1, -0.05) is 0 Å². The average molecular weight is 186 g/mol. The molecule has 0 aromatic heterocycles. The van der Waals surface area contributed by atoms with Gasteiger partial charge in [-0.3, -0.25) is 0 Å². The first-order valence-corrected chi connectivity index (χ1v) is 5.41. The molecule has 2 fully saturated rings. The fourth-order valence-electron chi connectivity index (χ4n) is 2.09. The van der Waals surface area contributed by atoms with Crippen molar-refractivity contribution in [3.8, 4) is 0 Å². The van der Waals surface area contributed by atoms with Crippen LogP contribution < -0.4 is 5.32 Å². The summed E-state index contributed by atoms with van der Waals surface area (Å²) in [4.78, 5) is 2.35. The monoisotopic (exact) mass is 186 g/mol. The second-order valence-electron chi connectivity index (χ2n) is 4.35. The first-order valence-electron chi connectivity index (χ1n) is 5.41. The normalized spacial score (nSPS) is 28.4. The Kier molecular flexibility index (Phi) is 2.84.